The number of hydrogen-bond acceptors (Lipinski definition) is 3. The van der Waals surface area contributed by atoms with Crippen LogP contribution in [0.2, 0.25) is 0 Å². The third-order valence-corrected chi connectivity index (χ3v) is 4.68. The molecule has 2 N–H and O–H groups in total. The molecule has 1 aromatic heterocycles. The number of nitrogens with one attached hydrogen (secondary N) is 2. The van der Waals surface area contributed by atoms with Gasteiger partial charge in [-0.3, -0.25) is 9.69 Å². The van der Waals surface area contributed by atoms with Gasteiger partial charge < -0.3 is 15.2 Å². The smallest absolute Gasteiger partial charge is 0.253 e. The van der Waals surface area contributed by atoms with Crippen LogP contribution in [0.5, 0.6) is 0 Å². The second-order valence-electron chi connectivity index (χ2n) is 6.44. The number of nitrogens with zero attached hydrogens (tertiary/aromatic N) is 2. The molecule has 134 valence electrons. The molecule has 0 radical (unpaired) electrons. The number of amides is 1. The van der Waals surface area contributed by atoms with Crippen molar-refractivity contribution in [2.45, 2.75) is 13.8 Å². The molecule has 5 nitrogen and oxygen atoms in total. The van der Waals surface area contributed by atoms with Gasteiger partial charge in [-0.25, -0.2) is 4.39 Å². The number of aryl methyl sites for hydroxylation is 1. The van der Waals surface area contributed by atoms with Crippen molar-refractivity contribution < 1.29 is 9.18 Å². The Morgan fingerprint density at radius 2 is 1.88 bits per heavy atom. The third kappa shape index (κ3) is 4.08. The molecule has 3 rings (SSSR count). The van der Waals surface area contributed by atoms with E-state index in [-0.39, 0.29) is 11.7 Å². The lowest BCUT2D eigenvalue weighted by atomic mass is 10.2. The van der Waals surface area contributed by atoms with E-state index in [9.17, 15) is 9.18 Å². The van der Waals surface area contributed by atoms with E-state index in [1.165, 1.54) is 12.1 Å². The molecule has 0 saturated carbocycles. The van der Waals surface area contributed by atoms with Crippen molar-refractivity contribution in [1.29, 1.82) is 0 Å². The highest BCUT2D eigenvalue weighted by molar-refractivity contribution is 5.95. The van der Waals surface area contributed by atoms with Gasteiger partial charge >= 0.3 is 0 Å². The Morgan fingerprint density at radius 1 is 1.20 bits per heavy atom. The zero-order valence-corrected chi connectivity index (χ0v) is 14.8. The van der Waals surface area contributed by atoms with Crippen LogP contribution in [0, 0.1) is 19.7 Å². The molecule has 0 spiro atoms. The van der Waals surface area contributed by atoms with Crippen LogP contribution >= 0.6 is 0 Å². The Labute approximate surface area is 147 Å². The Hall–Kier alpha value is -2.18. The number of halogens is 1. The van der Waals surface area contributed by atoms with Crippen molar-refractivity contribution in [3.8, 4) is 5.69 Å². The predicted octanol–water partition coefficient (Wildman–Crippen LogP) is 1.87. The van der Waals surface area contributed by atoms with Crippen LogP contribution in [0.1, 0.15) is 21.7 Å². The lowest BCUT2D eigenvalue weighted by molar-refractivity contribution is 0.0946. The Balaban J connectivity index is 1.66. The second-order valence-corrected chi connectivity index (χ2v) is 6.44. The fourth-order valence-electron chi connectivity index (χ4n) is 3.34. The van der Waals surface area contributed by atoms with E-state index in [2.05, 4.69) is 15.5 Å². The van der Waals surface area contributed by atoms with Gasteiger partial charge in [0.15, 0.2) is 0 Å². The molecular weight excluding hydrogens is 319 g/mol. The number of benzene rings is 1. The summed E-state index contributed by atoms with van der Waals surface area (Å²) in [5, 5.41) is 6.33. The third-order valence-electron chi connectivity index (χ3n) is 4.68. The first-order valence-corrected chi connectivity index (χ1v) is 8.72. The number of hydrogen-bond donors (Lipinski definition) is 2. The highest BCUT2D eigenvalue weighted by Crippen LogP contribution is 2.21. The van der Waals surface area contributed by atoms with Crippen molar-refractivity contribution in [3.05, 3.63) is 53.1 Å². The first kappa shape index (κ1) is 17.6. The van der Waals surface area contributed by atoms with E-state index in [0.29, 0.717) is 12.1 Å². The van der Waals surface area contributed by atoms with Gasteiger partial charge in [-0.1, -0.05) is 0 Å². The number of carbonyl (C=O) groups is 1. The van der Waals surface area contributed by atoms with Crippen LogP contribution < -0.4 is 10.6 Å². The monoisotopic (exact) mass is 344 g/mol. The van der Waals surface area contributed by atoms with E-state index in [1.54, 1.807) is 12.1 Å². The second kappa shape index (κ2) is 7.80. The lowest BCUT2D eigenvalue weighted by Crippen LogP contribution is -2.46. The number of aromatic nitrogens is 1. The van der Waals surface area contributed by atoms with Gasteiger partial charge in [0.05, 0.1) is 5.56 Å². The predicted molar refractivity (Wildman–Crippen MR) is 96.8 cm³/mol. The molecule has 1 aromatic carbocycles. The Kier molecular flexibility index (Phi) is 5.50. The van der Waals surface area contributed by atoms with Crippen molar-refractivity contribution in [3.63, 3.8) is 0 Å². The summed E-state index contributed by atoms with van der Waals surface area (Å²) in [5.74, 6) is -0.325. The van der Waals surface area contributed by atoms with Crippen LogP contribution in [-0.2, 0) is 0 Å². The SMILES string of the molecule is Cc1cc(C(=O)NCCN2CCNCC2)c(C)n1-c1ccc(F)cc1. The van der Waals surface area contributed by atoms with E-state index in [4.69, 9.17) is 0 Å². The molecule has 1 aliphatic rings. The zero-order valence-electron chi connectivity index (χ0n) is 14.8. The van der Waals surface area contributed by atoms with Crippen LogP contribution in [0.15, 0.2) is 30.3 Å². The maximum absolute atomic E-state index is 13.1. The Bertz CT molecular complexity index is 733. The lowest BCUT2D eigenvalue weighted by Gasteiger charge is -2.27. The van der Waals surface area contributed by atoms with E-state index < -0.39 is 0 Å². The van der Waals surface area contributed by atoms with E-state index in [1.807, 2.05) is 24.5 Å². The van der Waals surface area contributed by atoms with Crippen molar-refractivity contribution >= 4 is 5.91 Å². The molecule has 0 atom stereocenters. The standard InChI is InChI=1S/C19H25FN4O/c1-14-13-18(15(2)24(14)17-5-3-16(20)4-6-17)19(25)22-9-12-23-10-7-21-8-11-23/h3-6,13,21H,7-12H2,1-2H3,(H,22,25). The molecular formula is C19H25FN4O. The summed E-state index contributed by atoms with van der Waals surface area (Å²) in [6, 6.07) is 8.20. The average Bonchev–Trinajstić information content (AvgIpc) is 2.91. The fraction of sp³-hybridized carbons (Fsp3) is 0.421. The van der Waals surface area contributed by atoms with Gasteiger partial charge in [0.25, 0.3) is 5.91 Å². The van der Waals surface area contributed by atoms with Gasteiger partial charge in [-0.2, -0.15) is 0 Å². The molecule has 1 saturated heterocycles. The summed E-state index contributed by atoms with van der Waals surface area (Å²) in [4.78, 5) is 14.9. The maximum Gasteiger partial charge on any atom is 0.253 e. The van der Waals surface area contributed by atoms with E-state index in [0.717, 1.165) is 49.8 Å². The Morgan fingerprint density at radius 3 is 2.56 bits per heavy atom. The van der Waals surface area contributed by atoms with Crippen molar-refractivity contribution in [1.82, 2.24) is 20.1 Å². The topological polar surface area (TPSA) is 49.3 Å². The minimum atomic E-state index is -0.267. The highest BCUT2D eigenvalue weighted by atomic mass is 19.1. The van der Waals surface area contributed by atoms with E-state index >= 15 is 0 Å². The molecule has 1 aliphatic heterocycles. The van der Waals surface area contributed by atoms with Crippen molar-refractivity contribution in [2.24, 2.45) is 0 Å². The summed E-state index contributed by atoms with van der Waals surface area (Å²) >= 11 is 0. The van der Waals surface area contributed by atoms with Crippen LogP contribution in [-0.4, -0.2) is 54.6 Å². The summed E-state index contributed by atoms with van der Waals surface area (Å²) in [6.45, 7) is 9.43. The summed E-state index contributed by atoms with van der Waals surface area (Å²) in [7, 11) is 0. The van der Waals surface area contributed by atoms with Crippen LogP contribution in [0.4, 0.5) is 4.39 Å². The van der Waals surface area contributed by atoms with Crippen LogP contribution in [0.25, 0.3) is 5.69 Å². The van der Waals surface area contributed by atoms with Gasteiger partial charge in [0.1, 0.15) is 5.82 Å². The largest absolute Gasteiger partial charge is 0.351 e. The first-order valence-electron chi connectivity index (χ1n) is 8.72. The maximum atomic E-state index is 13.1. The first-order chi connectivity index (χ1) is 12.1. The summed E-state index contributed by atoms with van der Waals surface area (Å²) in [6.07, 6.45) is 0. The number of piperazine rings is 1. The average molecular weight is 344 g/mol. The molecule has 2 aromatic rings. The number of rotatable bonds is 5. The van der Waals surface area contributed by atoms with Crippen LogP contribution in [0.3, 0.4) is 0 Å². The van der Waals surface area contributed by atoms with Gasteiger partial charge in [0, 0.05) is 56.3 Å². The van der Waals surface area contributed by atoms with Gasteiger partial charge in [-0.05, 0) is 44.2 Å². The molecule has 25 heavy (non-hydrogen) atoms. The van der Waals surface area contributed by atoms with Crippen molar-refractivity contribution in [2.75, 3.05) is 39.3 Å². The number of carbonyl (C=O) groups excluding carboxylic acids is 1. The molecule has 1 fully saturated rings. The molecule has 2 heterocycles. The zero-order chi connectivity index (χ0) is 17.8. The van der Waals surface area contributed by atoms with Gasteiger partial charge in [-0.15, -0.1) is 0 Å². The summed E-state index contributed by atoms with van der Waals surface area (Å²) < 4.78 is 15.1. The summed E-state index contributed by atoms with van der Waals surface area (Å²) in [5.41, 5.74) is 3.35. The molecule has 0 aliphatic carbocycles. The highest BCUT2D eigenvalue weighted by Gasteiger charge is 2.17. The van der Waals surface area contributed by atoms with Gasteiger partial charge in [0.2, 0.25) is 0 Å². The minimum Gasteiger partial charge on any atom is -0.351 e. The molecule has 0 unspecified atom stereocenters. The molecule has 6 heteroatoms. The molecule has 0 bridgehead atoms. The minimum absolute atomic E-state index is 0.0587. The fourth-order valence-corrected chi connectivity index (χ4v) is 3.34. The molecule has 1 amide bonds. The quantitative estimate of drug-likeness (QED) is 0.871. The normalized spacial score (nSPS) is 15.3.